The van der Waals surface area contributed by atoms with Crippen LogP contribution in [0.5, 0.6) is 5.75 Å². The monoisotopic (exact) mass is 469 g/mol. The van der Waals surface area contributed by atoms with E-state index in [9.17, 15) is 15.0 Å². The normalized spacial score (nSPS) is 12.9. The Morgan fingerprint density at radius 1 is 1.13 bits per heavy atom. The van der Waals surface area contributed by atoms with Crippen molar-refractivity contribution in [2.45, 2.75) is 25.5 Å². The molecule has 0 aliphatic rings. The van der Waals surface area contributed by atoms with Gasteiger partial charge in [-0.2, -0.15) is 0 Å². The molecule has 0 bridgehead atoms. The Balaban J connectivity index is 1.84. The van der Waals surface area contributed by atoms with E-state index in [0.29, 0.717) is 41.8 Å². The number of aliphatic hydroxyl groups excluding tert-OH is 1. The maximum absolute atomic E-state index is 11.8. The third-order valence-electron chi connectivity index (χ3n) is 4.74. The number of phenols is 1. The number of halogens is 2. The van der Waals surface area contributed by atoms with Gasteiger partial charge >= 0.3 is 0 Å². The summed E-state index contributed by atoms with van der Waals surface area (Å²) in [6.07, 6.45) is -0.0430. The molecule has 2 atom stereocenters. The van der Waals surface area contributed by atoms with Crippen LogP contribution in [0.1, 0.15) is 24.2 Å². The van der Waals surface area contributed by atoms with Crippen LogP contribution in [0.25, 0.3) is 0 Å². The minimum Gasteiger partial charge on any atom is -0.508 e. The van der Waals surface area contributed by atoms with Crippen molar-refractivity contribution in [3.8, 4) is 5.75 Å². The second-order valence-corrected chi connectivity index (χ2v) is 7.97. The number of rotatable bonds is 12. The third-order valence-corrected chi connectivity index (χ3v) is 5.34. The predicted molar refractivity (Wildman–Crippen MR) is 124 cm³/mol. The number of hydrogen-bond acceptors (Lipinski definition) is 6. The lowest BCUT2D eigenvalue weighted by Gasteiger charge is -2.21. The van der Waals surface area contributed by atoms with E-state index in [-0.39, 0.29) is 24.2 Å². The molecule has 2 aromatic carbocycles. The molecule has 0 aromatic heterocycles. The first-order valence-electron chi connectivity index (χ1n) is 9.99. The molecule has 0 aliphatic heterocycles. The summed E-state index contributed by atoms with van der Waals surface area (Å²) in [4.78, 5) is 11.8. The fourth-order valence-electron chi connectivity index (χ4n) is 2.98. The smallest absolute Gasteiger partial charge is 0.239 e. The number of amides is 1. The van der Waals surface area contributed by atoms with Crippen molar-refractivity contribution in [3.63, 3.8) is 0 Å². The number of anilines is 1. The van der Waals surface area contributed by atoms with Gasteiger partial charge in [-0.05, 0) is 55.3 Å². The molecule has 9 heteroatoms. The van der Waals surface area contributed by atoms with Gasteiger partial charge in [0.25, 0.3) is 0 Å². The van der Waals surface area contributed by atoms with Gasteiger partial charge < -0.3 is 30.9 Å². The van der Waals surface area contributed by atoms with Crippen LogP contribution in [0, 0.1) is 0 Å². The lowest BCUT2D eigenvalue weighted by Crippen LogP contribution is -2.33. The van der Waals surface area contributed by atoms with Gasteiger partial charge in [-0.1, -0.05) is 35.3 Å². The number of ether oxygens (including phenoxy) is 1. The number of nitrogens with one attached hydrogen (secondary N) is 3. The molecule has 0 unspecified atom stereocenters. The van der Waals surface area contributed by atoms with E-state index in [1.54, 1.807) is 43.5 Å². The number of phenolic OH excluding ortho intramolecular Hbond substituents is 1. The number of aliphatic hydroxyl groups is 1. The summed E-state index contributed by atoms with van der Waals surface area (Å²) in [7, 11) is 1.57. The summed E-state index contributed by atoms with van der Waals surface area (Å²) in [5.41, 5.74) is 2.17. The van der Waals surface area contributed by atoms with Crippen molar-refractivity contribution in [1.82, 2.24) is 10.6 Å². The van der Waals surface area contributed by atoms with Gasteiger partial charge in [0.15, 0.2) is 0 Å². The maximum atomic E-state index is 11.8. The van der Waals surface area contributed by atoms with Crippen molar-refractivity contribution < 1.29 is 19.7 Å². The quantitative estimate of drug-likeness (QED) is 0.306. The molecule has 0 aliphatic carbocycles. The average molecular weight is 470 g/mol. The molecular formula is C22H29Cl2N3O4. The second kappa shape index (κ2) is 12.7. The van der Waals surface area contributed by atoms with E-state index in [2.05, 4.69) is 16.0 Å². The largest absolute Gasteiger partial charge is 0.508 e. The molecule has 2 aromatic rings. The molecule has 7 nitrogen and oxygen atoms in total. The zero-order valence-electron chi connectivity index (χ0n) is 17.6. The van der Waals surface area contributed by atoms with Crippen molar-refractivity contribution in [3.05, 3.63) is 57.6 Å². The first-order chi connectivity index (χ1) is 14.8. The fraction of sp³-hybridized carbons (Fsp3) is 0.409. The molecule has 31 heavy (non-hydrogen) atoms. The number of aromatic hydroxyl groups is 1. The topological polar surface area (TPSA) is 103 Å². The molecule has 0 radical (unpaired) electrons. The third kappa shape index (κ3) is 8.20. The first kappa shape index (κ1) is 25.2. The van der Waals surface area contributed by atoms with E-state index in [1.807, 2.05) is 6.92 Å². The summed E-state index contributed by atoms with van der Waals surface area (Å²) in [5.74, 6) is -0.0198. The number of hydrogen-bond donors (Lipinski definition) is 5. The number of methoxy groups -OCH3 is 1. The van der Waals surface area contributed by atoms with Crippen LogP contribution in [0.3, 0.4) is 0 Å². The molecule has 2 rings (SSSR count). The number of carbonyl (C=O) groups is 1. The van der Waals surface area contributed by atoms with Crippen molar-refractivity contribution in [2.75, 3.05) is 38.7 Å². The molecule has 0 saturated carbocycles. The maximum Gasteiger partial charge on any atom is 0.239 e. The summed E-state index contributed by atoms with van der Waals surface area (Å²) in [6, 6.07) is 9.92. The van der Waals surface area contributed by atoms with Crippen molar-refractivity contribution >= 4 is 34.8 Å². The van der Waals surface area contributed by atoms with Gasteiger partial charge in [-0.3, -0.25) is 4.79 Å². The Labute approximate surface area is 192 Å². The minimum atomic E-state index is -0.700. The molecule has 0 heterocycles. The van der Waals surface area contributed by atoms with Crippen LogP contribution in [-0.4, -0.2) is 55.5 Å². The van der Waals surface area contributed by atoms with Gasteiger partial charge in [0.1, 0.15) is 5.75 Å². The van der Waals surface area contributed by atoms with Gasteiger partial charge in [0.05, 0.1) is 35.0 Å². The molecule has 1 amide bonds. The highest BCUT2D eigenvalue weighted by molar-refractivity contribution is 6.39. The Kier molecular flexibility index (Phi) is 10.4. The summed E-state index contributed by atoms with van der Waals surface area (Å²) >= 11 is 12.7. The van der Waals surface area contributed by atoms with Crippen LogP contribution < -0.4 is 16.0 Å². The zero-order chi connectivity index (χ0) is 22.8. The lowest BCUT2D eigenvalue weighted by atomic mass is 10.0. The molecular weight excluding hydrogens is 441 g/mol. The molecule has 0 saturated heterocycles. The Bertz CT molecular complexity index is 826. The van der Waals surface area contributed by atoms with E-state index in [0.717, 1.165) is 11.1 Å². The van der Waals surface area contributed by atoms with Crippen molar-refractivity contribution in [1.29, 1.82) is 0 Å². The Morgan fingerprint density at radius 2 is 1.77 bits per heavy atom. The molecule has 0 fully saturated rings. The van der Waals surface area contributed by atoms with E-state index in [4.69, 9.17) is 27.9 Å². The van der Waals surface area contributed by atoms with E-state index in [1.165, 1.54) is 0 Å². The number of carbonyl (C=O) groups excluding carboxylic acids is 1. The lowest BCUT2D eigenvalue weighted by molar-refractivity contribution is -0.119. The first-order valence-corrected chi connectivity index (χ1v) is 10.7. The summed E-state index contributed by atoms with van der Waals surface area (Å²) in [6.45, 7) is 3.43. The SMILES string of the molecule is COCCNC(=O)CNc1c(Cl)cc(CCN[C@@H](C)[C@@H](O)c2ccc(O)cc2)cc1Cl. The standard InChI is InChI=1S/C22H29Cl2N3O4/c1-14(22(30)16-3-5-17(28)6-4-16)25-8-7-15-11-18(23)21(19(24)12-15)27-13-20(29)26-9-10-31-2/h3-6,11-12,14,22,25,27-28,30H,7-10,13H2,1-2H3,(H,26,29)/t14-,22+/m0/s1. The average Bonchev–Trinajstić information content (AvgIpc) is 2.73. The Morgan fingerprint density at radius 3 is 2.39 bits per heavy atom. The molecule has 0 spiro atoms. The van der Waals surface area contributed by atoms with Gasteiger partial charge in [-0.15, -0.1) is 0 Å². The van der Waals surface area contributed by atoms with Gasteiger partial charge in [-0.25, -0.2) is 0 Å². The van der Waals surface area contributed by atoms with Gasteiger partial charge in [0, 0.05) is 19.7 Å². The predicted octanol–water partition coefficient (Wildman–Crippen LogP) is 3.13. The highest BCUT2D eigenvalue weighted by Crippen LogP contribution is 2.32. The van der Waals surface area contributed by atoms with Crippen molar-refractivity contribution in [2.24, 2.45) is 0 Å². The highest BCUT2D eigenvalue weighted by Gasteiger charge is 2.16. The molecule has 170 valence electrons. The minimum absolute atomic E-state index is 0.0523. The number of benzene rings is 2. The van der Waals surface area contributed by atoms with Gasteiger partial charge in [0.2, 0.25) is 5.91 Å². The Hall–Kier alpha value is -2.03. The summed E-state index contributed by atoms with van der Waals surface area (Å²) < 4.78 is 4.89. The van der Waals surface area contributed by atoms with Crippen LogP contribution in [0.2, 0.25) is 10.0 Å². The summed E-state index contributed by atoms with van der Waals surface area (Å²) in [5, 5.41) is 29.6. The van der Waals surface area contributed by atoms with E-state index < -0.39 is 6.10 Å². The van der Waals surface area contributed by atoms with Crippen LogP contribution in [-0.2, 0) is 16.0 Å². The van der Waals surface area contributed by atoms with E-state index >= 15 is 0 Å². The fourth-order valence-corrected chi connectivity index (χ4v) is 3.64. The zero-order valence-corrected chi connectivity index (χ0v) is 19.1. The van der Waals surface area contributed by atoms with Crippen LogP contribution >= 0.6 is 23.2 Å². The van der Waals surface area contributed by atoms with Crippen LogP contribution in [0.15, 0.2) is 36.4 Å². The second-order valence-electron chi connectivity index (χ2n) is 7.16. The molecule has 5 N–H and O–H groups in total. The highest BCUT2D eigenvalue weighted by atomic mass is 35.5. The van der Waals surface area contributed by atoms with Crippen LogP contribution in [0.4, 0.5) is 5.69 Å².